The highest BCUT2D eigenvalue weighted by Crippen LogP contribution is 2.25. The highest BCUT2D eigenvalue weighted by molar-refractivity contribution is 6.30. The fraction of sp³-hybridized carbons (Fsp3) is 0.267. The Morgan fingerprint density at radius 2 is 2.10 bits per heavy atom. The average Bonchev–Trinajstić information content (AvgIpc) is 2.47. The number of halogens is 3. The lowest BCUT2D eigenvalue weighted by Crippen LogP contribution is -2.19. The summed E-state index contributed by atoms with van der Waals surface area (Å²) >= 11 is 5.90. The van der Waals surface area contributed by atoms with Gasteiger partial charge in [-0.15, -0.1) is 0 Å². The van der Waals surface area contributed by atoms with E-state index in [0.717, 1.165) is 5.69 Å². The molecule has 1 aromatic carbocycles. The summed E-state index contributed by atoms with van der Waals surface area (Å²) in [4.78, 5) is 4.24. The summed E-state index contributed by atoms with van der Waals surface area (Å²) in [5, 5.41) is 3.68. The van der Waals surface area contributed by atoms with E-state index in [1.165, 1.54) is 12.1 Å². The summed E-state index contributed by atoms with van der Waals surface area (Å²) in [6.07, 6.45) is 1.71. The predicted molar refractivity (Wildman–Crippen MR) is 77.6 cm³/mol. The molecule has 2 aromatic rings. The molecule has 112 valence electrons. The molecule has 2 rings (SSSR count). The first kappa shape index (κ1) is 15.7. The Balaban J connectivity index is 2.07. The minimum Gasteiger partial charge on any atom is -0.434 e. The van der Waals surface area contributed by atoms with E-state index in [1.54, 1.807) is 12.3 Å². The Morgan fingerprint density at radius 1 is 1.29 bits per heavy atom. The molecular weight excluding hydrogens is 298 g/mol. The highest BCUT2D eigenvalue weighted by atomic mass is 35.5. The number of nitrogens with one attached hydrogen (secondary N) is 1. The molecule has 3 nitrogen and oxygen atoms in total. The van der Waals surface area contributed by atoms with Crippen molar-refractivity contribution in [3.63, 3.8) is 0 Å². The van der Waals surface area contributed by atoms with Crippen molar-refractivity contribution >= 4 is 11.6 Å². The van der Waals surface area contributed by atoms with Crippen LogP contribution in [0.5, 0.6) is 5.75 Å². The van der Waals surface area contributed by atoms with Crippen LogP contribution in [0.15, 0.2) is 42.6 Å². The summed E-state index contributed by atoms with van der Waals surface area (Å²) in [5.74, 6) is 0.120. The van der Waals surface area contributed by atoms with Crippen LogP contribution < -0.4 is 10.1 Å². The first-order valence-electron chi connectivity index (χ1n) is 6.44. The zero-order valence-electron chi connectivity index (χ0n) is 11.4. The number of hydrogen-bond acceptors (Lipinski definition) is 3. The van der Waals surface area contributed by atoms with Gasteiger partial charge in [0, 0.05) is 29.4 Å². The predicted octanol–water partition coefficient (Wildman–Crippen LogP) is 4.19. The fourth-order valence-corrected chi connectivity index (χ4v) is 2.09. The van der Waals surface area contributed by atoms with Gasteiger partial charge < -0.3 is 10.1 Å². The minimum atomic E-state index is -2.86. The maximum absolute atomic E-state index is 12.4. The molecule has 1 aromatic heterocycles. The van der Waals surface area contributed by atoms with Crippen LogP contribution in [0.2, 0.25) is 5.02 Å². The molecule has 1 N–H and O–H groups in total. The van der Waals surface area contributed by atoms with E-state index >= 15 is 0 Å². The van der Waals surface area contributed by atoms with Gasteiger partial charge in [0.25, 0.3) is 0 Å². The Morgan fingerprint density at radius 3 is 2.76 bits per heavy atom. The summed E-state index contributed by atoms with van der Waals surface area (Å²) < 4.78 is 29.2. The molecule has 6 heteroatoms. The molecule has 0 spiro atoms. The van der Waals surface area contributed by atoms with Crippen LogP contribution >= 0.6 is 11.6 Å². The third kappa shape index (κ3) is 4.65. The molecular formula is C15H15ClF2N2O. The van der Waals surface area contributed by atoms with Crippen LogP contribution in [0, 0.1) is 0 Å². The molecule has 0 aliphatic carbocycles. The largest absolute Gasteiger partial charge is 0.434 e. The lowest BCUT2D eigenvalue weighted by atomic mass is 10.1. The van der Waals surface area contributed by atoms with Crippen LogP contribution in [-0.4, -0.2) is 11.6 Å². The topological polar surface area (TPSA) is 34.1 Å². The van der Waals surface area contributed by atoms with Crippen LogP contribution in [0.4, 0.5) is 8.78 Å². The highest BCUT2D eigenvalue weighted by Gasteiger charge is 2.12. The molecule has 0 radical (unpaired) electrons. The lowest BCUT2D eigenvalue weighted by molar-refractivity contribution is -0.0505. The first-order valence-corrected chi connectivity index (χ1v) is 6.81. The van der Waals surface area contributed by atoms with E-state index in [4.69, 9.17) is 11.6 Å². The van der Waals surface area contributed by atoms with Crippen LogP contribution in [0.1, 0.15) is 24.2 Å². The second kappa shape index (κ2) is 7.33. The van der Waals surface area contributed by atoms with Crippen molar-refractivity contribution in [1.82, 2.24) is 10.3 Å². The Hall–Kier alpha value is -1.72. The van der Waals surface area contributed by atoms with Gasteiger partial charge >= 0.3 is 6.61 Å². The molecule has 0 fully saturated rings. The number of benzene rings is 1. The second-order valence-electron chi connectivity index (χ2n) is 4.49. The smallest absolute Gasteiger partial charge is 0.387 e. The number of nitrogens with zero attached hydrogens (tertiary/aromatic N) is 1. The van der Waals surface area contributed by atoms with Crippen molar-refractivity contribution < 1.29 is 13.5 Å². The zero-order chi connectivity index (χ0) is 15.2. The molecule has 0 bridgehead atoms. The summed E-state index contributed by atoms with van der Waals surface area (Å²) in [6, 6.07) is 10.2. The van der Waals surface area contributed by atoms with Crippen LogP contribution in [0.3, 0.4) is 0 Å². The van der Waals surface area contributed by atoms with E-state index in [9.17, 15) is 8.78 Å². The van der Waals surface area contributed by atoms with Crippen molar-refractivity contribution in [1.29, 1.82) is 0 Å². The van der Waals surface area contributed by atoms with Gasteiger partial charge in [0.1, 0.15) is 5.75 Å². The Bertz CT molecular complexity index is 581. The van der Waals surface area contributed by atoms with Gasteiger partial charge in [-0.3, -0.25) is 4.98 Å². The SMILES string of the molecule is C[C@H](NCc1cc(Cl)ccc1OC(F)F)c1ccccn1. The standard InChI is InChI=1S/C15H15ClF2N2O/c1-10(13-4-2-3-7-19-13)20-9-11-8-12(16)5-6-14(11)21-15(17)18/h2-8,10,15,20H,9H2,1H3/t10-/m0/s1. The monoisotopic (exact) mass is 312 g/mol. The van der Waals surface area contributed by atoms with Crippen LogP contribution in [-0.2, 0) is 6.54 Å². The normalized spacial score (nSPS) is 12.4. The van der Waals surface area contributed by atoms with E-state index < -0.39 is 6.61 Å². The van der Waals surface area contributed by atoms with Gasteiger partial charge in [0.15, 0.2) is 0 Å². The average molecular weight is 313 g/mol. The van der Waals surface area contributed by atoms with Crippen LogP contribution in [0.25, 0.3) is 0 Å². The van der Waals surface area contributed by atoms with Crippen molar-refractivity contribution in [2.24, 2.45) is 0 Å². The molecule has 21 heavy (non-hydrogen) atoms. The Kier molecular flexibility index (Phi) is 5.47. The van der Waals surface area contributed by atoms with Crippen molar-refractivity contribution in [3.8, 4) is 5.75 Å². The lowest BCUT2D eigenvalue weighted by Gasteiger charge is -2.16. The number of rotatable bonds is 6. The van der Waals surface area contributed by atoms with Gasteiger partial charge in [-0.1, -0.05) is 17.7 Å². The fourth-order valence-electron chi connectivity index (χ4n) is 1.90. The van der Waals surface area contributed by atoms with Gasteiger partial charge in [0.2, 0.25) is 0 Å². The molecule has 0 saturated carbocycles. The van der Waals surface area contributed by atoms with Crippen molar-refractivity contribution in [3.05, 3.63) is 58.9 Å². The summed E-state index contributed by atoms with van der Waals surface area (Å²) in [5.41, 5.74) is 1.45. The molecule has 0 aliphatic rings. The molecule has 1 atom stereocenters. The van der Waals surface area contributed by atoms with Gasteiger partial charge in [-0.05, 0) is 37.3 Å². The third-order valence-electron chi connectivity index (χ3n) is 2.97. The van der Waals surface area contributed by atoms with Gasteiger partial charge in [0.05, 0.1) is 5.69 Å². The molecule has 0 unspecified atom stereocenters. The number of pyridine rings is 1. The molecule has 0 aliphatic heterocycles. The minimum absolute atomic E-state index is 0.0235. The molecule has 1 heterocycles. The second-order valence-corrected chi connectivity index (χ2v) is 4.92. The summed E-state index contributed by atoms with van der Waals surface area (Å²) in [7, 11) is 0. The maximum Gasteiger partial charge on any atom is 0.387 e. The first-order chi connectivity index (χ1) is 10.1. The van der Waals surface area contributed by atoms with Crippen molar-refractivity contribution in [2.45, 2.75) is 26.1 Å². The van der Waals surface area contributed by atoms with E-state index in [2.05, 4.69) is 15.0 Å². The van der Waals surface area contributed by atoms with Crippen molar-refractivity contribution in [2.75, 3.05) is 0 Å². The number of hydrogen-bond donors (Lipinski definition) is 1. The van der Waals surface area contributed by atoms with Gasteiger partial charge in [-0.25, -0.2) is 0 Å². The molecule has 0 amide bonds. The van der Waals surface area contributed by atoms with E-state index in [0.29, 0.717) is 17.1 Å². The van der Waals surface area contributed by atoms with E-state index in [-0.39, 0.29) is 11.8 Å². The maximum atomic E-state index is 12.4. The van der Waals surface area contributed by atoms with Gasteiger partial charge in [-0.2, -0.15) is 8.78 Å². The zero-order valence-corrected chi connectivity index (χ0v) is 12.1. The Labute approximate surface area is 126 Å². The molecule has 0 saturated heterocycles. The summed E-state index contributed by atoms with van der Waals surface area (Å²) in [6.45, 7) is -0.570. The quantitative estimate of drug-likeness (QED) is 0.868. The van der Waals surface area contributed by atoms with E-state index in [1.807, 2.05) is 25.1 Å². The third-order valence-corrected chi connectivity index (χ3v) is 3.20. The number of alkyl halides is 2. The number of aromatic nitrogens is 1. The number of ether oxygens (including phenoxy) is 1.